The summed E-state index contributed by atoms with van der Waals surface area (Å²) in [7, 11) is 0. The van der Waals surface area contributed by atoms with Crippen molar-refractivity contribution < 1.29 is 9.59 Å². The van der Waals surface area contributed by atoms with Crippen LogP contribution in [0.4, 0.5) is 0 Å². The average molecular weight is 326 g/mol. The third-order valence-corrected chi connectivity index (χ3v) is 6.47. The maximum Gasteiger partial charge on any atom is 0.224 e. The van der Waals surface area contributed by atoms with E-state index in [-0.39, 0.29) is 35.1 Å². The number of fused-ring (bicyclic) bond motifs is 2. The molecule has 4 heteroatoms. The highest BCUT2D eigenvalue weighted by molar-refractivity contribution is 5.86. The van der Waals surface area contributed by atoms with Crippen LogP contribution >= 0.6 is 0 Å². The van der Waals surface area contributed by atoms with Gasteiger partial charge in [0.15, 0.2) is 0 Å². The van der Waals surface area contributed by atoms with Crippen molar-refractivity contribution in [1.82, 2.24) is 5.32 Å². The molecule has 4 atom stereocenters. The molecule has 0 saturated heterocycles. The Bertz CT molecular complexity index is 671. The lowest BCUT2D eigenvalue weighted by Gasteiger charge is -2.31. The van der Waals surface area contributed by atoms with Crippen LogP contribution in [0.5, 0.6) is 0 Å². The number of aryl methyl sites for hydroxylation is 1. The van der Waals surface area contributed by atoms with Crippen molar-refractivity contribution in [3.05, 3.63) is 35.4 Å². The maximum atomic E-state index is 12.9. The number of nitrogens with one attached hydrogen (secondary N) is 1. The number of hydrogen-bond donors (Lipinski definition) is 2. The zero-order valence-corrected chi connectivity index (χ0v) is 14.1. The van der Waals surface area contributed by atoms with Crippen molar-refractivity contribution in [3.63, 3.8) is 0 Å². The summed E-state index contributed by atoms with van der Waals surface area (Å²) < 4.78 is 0. The van der Waals surface area contributed by atoms with Gasteiger partial charge in [-0.15, -0.1) is 0 Å². The fourth-order valence-electron chi connectivity index (χ4n) is 5.10. The first-order valence-electron chi connectivity index (χ1n) is 9.30. The molecule has 4 nitrogen and oxygen atoms in total. The lowest BCUT2D eigenvalue weighted by Crippen LogP contribution is -2.48. The first-order valence-corrected chi connectivity index (χ1v) is 9.30. The SMILES string of the molecule is NC(=O)[C@@H]1CCCC[C@@H]1NC(=O)[C@@H]1C[C@@]12CCCc1ccccc12. The predicted molar refractivity (Wildman–Crippen MR) is 92.2 cm³/mol. The van der Waals surface area contributed by atoms with Gasteiger partial charge < -0.3 is 11.1 Å². The number of hydrogen-bond acceptors (Lipinski definition) is 2. The van der Waals surface area contributed by atoms with Crippen molar-refractivity contribution in [2.75, 3.05) is 0 Å². The van der Waals surface area contributed by atoms with E-state index < -0.39 is 0 Å². The number of rotatable bonds is 3. The van der Waals surface area contributed by atoms with Gasteiger partial charge in [-0.25, -0.2) is 0 Å². The van der Waals surface area contributed by atoms with E-state index in [1.807, 2.05) is 0 Å². The van der Waals surface area contributed by atoms with Gasteiger partial charge in [0.25, 0.3) is 0 Å². The van der Waals surface area contributed by atoms with Gasteiger partial charge >= 0.3 is 0 Å². The van der Waals surface area contributed by atoms with Gasteiger partial charge in [-0.1, -0.05) is 37.1 Å². The molecule has 128 valence electrons. The third kappa shape index (κ3) is 2.52. The van der Waals surface area contributed by atoms with Crippen LogP contribution < -0.4 is 11.1 Å². The predicted octanol–water partition coefficient (Wildman–Crippen LogP) is 2.44. The van der Waals surface area contributed by atoms with Gasteiger partial charge in [0.05, 0.1) is 5.92 Å². The Morgan fingerprint density at radius 1 is 1.12 bits per heavy atom. The molecule has 24 heavy (non-hydrogen) atoms. The molecule has 0 heterocycles. The van der Waals surface area contributed by atoms with Crippen LogP contribution in [0, 0.1) is 11.8 Å². The molecule has 4 rings (SSSR count). The van der Waals surface area contributed by atoms with Crippen LogP contribution in [0.15, 0.2) is 24.3 Å². The molecule has 1 spiro atoms. The highest BCUT2D eigenvalue weighted by atomic mass is 16.2. The van der Waals surface area contributed by atoms with E-state index in [2.05, 4.69) is 29.6 Å². The smallest absolute Gasteiger partial charge is 0.224 e. The summed E-state index contributed by atoms with van der Waals surface area (Å²) in [6, 6.07) is 8.51. The Balaban J connectivity index is 1.49. The molecule has 1 aromatic rings. The topological polar surface area (TPSA) is 72.2 Å². The Hall–Kier alpha value is -1.84. The maximum absolute atomic E-state index is 12.9. The summed E-state index contributed by atoms with van der Waals surface area (Å²) in [6.45, 7) is 0. The van der Waals surface area contributed by atoms with Gasteiger partial charge in [-0.2, -0.15) is 0 Å². The van der Waals surface area contributed by atoms with E-state index >= 15 is 0 Å². The van der Waals surface area contributed by atoms with Crippen LogP contribution in [0.2, 0.25) is 0 Å². The number of carbonyl (C=O) groups is 2. The van der Waals surface area contributed by atoms with Crippen molar-refractivity contribution in [2.24, 2.45) is 17.6 Å². The van der Waals surface area contributed by atoms with Gasteiger partial charge in [0.2, 0.25) is 11.8 Å². The minimum atomic E-state index is -0.270. The molecule has 0 aliphatic heterocycles. The van der Waals surface area contributed by atoms with E-state index in [1.165, 1.54) is 11.1 Å². The molecular formula is C20H26N2O2. The van der Waals surface area contributed by atoms with Crippen molar-refractivity contribution in [1.29, 1.82) is 0 Å². The largest absolute Gasteiger partial charge is 0.369 e. The summed E-state index contributed by atoms with van der Waals surface area (Å²) in [6.07, 6.45) is 8.10. The van der Waals surface area contributed by atoms with Crippen molar-refractivity contribution >= 4 is 11.8 Å². The van der Waals surface area contributed by atoms with Gasteiger partial charge in [-0.3, -0.25) is 9.59 Å². The number of nitrogens with two attached hydrogens (primary N) is 1. The van der Waals surface area contributed by atoms with E-state index in [0.717, 1.165) is 51.4 Å². The first kappa shape index (κ1) is 15.7. The molecule has 0 aromatic heterocycles. The number of carbonyl (C=O) groups excluding carboxylic acids is 2. The van der Waals surface area contributed by atoms with Crippen LogP contribution in [-0.2, 0) is 21.4 Å². The highest BCUT2D eigenvalue weighted by Crippen LogP contribution is 2.60. The van der Waals surface area contributed by atoms with E-state index in [9.17, 15) is 9.59 Å². The first-order chi connectivity index (χ1) is 11.6. The minimum Gasteiger partial charge on any atom is -0.369 e. The quantitative estimate of drug-likeness (QED) is 0.895. The molecule has 1 aromatic carbocycles. The molecule has 3 aliphatic carbocycles. The van der Waals surface area contributed by atoms with Crippen LogP contribution in [0.1, 0.15) is 56.1 Å². The molecule has 2 fully saturated rings. The second-order valence-corrected chi connectivity index (χ2v) is 7.83. The summed E-state index contributed by atoms with van der Waals surface area (Å²) in [4.78, 5) is 24.5. The minimum absolute atomic E-state index is 0.0514. The Kier molecular flexibility index (Phi) is 3.86. The lowest BCUT2D eigenvalue weighted by molar-refractivity contribution is -0.127. The Morgan fingerprint density at radius 3 is 2.75 bits per heavy atom. The van der Waals surface area contributed by atoms with Crippen LogP contribution in [0.3, 0.4) is 0 Å². The van der Waals surface area contributed by atoms with Crippen molar-refractivity contribution in [2.45, 2.75) is 62.8 Å². The molecular weight excluding hydrogens is 300 g/mol. The van der Waals surface area contributed by atoms with E-state index in [0.29, 0.717) is 0 Å². The summed E-state index contributed by atoms with van der Waals surface area (Å²) >= 11 is 0. The Morgan fingerprint density at radius 2 is 1.92 bits per heavy atom. The van der Waals surface area contributed by atoms with Gasteiger partial charge in [0, 0.05) is 17.4 Å². The molecule has 2 saturated carbocycles. The fraction of sp³-hybridized carbons (Fsp3) is 0.600. The normalized spacial score (nSPS) is 34.4. The average Bonchev–Trinajstić information content (AvgIpc) is 3.30. The molecule has 0 unspecified atom stereocenters. The molecule has 3 N–H and O–H groups in total. The number of primary amides is 1. The fourth-order valence-corrected chi connectivity index (χ4v) is 5.10. The zero-order valence-electron chi connectivity index (χ0n) is 14.1. The third-order valence-electron chi connectivity index (χ3n) is 6.47. The number of amides is 2. The second kappa shape index (κ2) is 5.91. The highest BCUT2D eigenvalue weighted by Gasteiger charge is 2.60. The van der Waals surface area contributed by atoms with E-state index in [1.54, 1.807) is 0 Å². The Labute approximate surface area is 143 Å². The van der Waals surface area contributed by atoms with E-state index in [4.69, 9.17) is 5.73 Å². The summed E-state index contributed by atoms with van der Waals surface area (Å²) in [5.41, 5.74) is 8.38. The molecule has 3 aliphatic rings. The summed E-state index contributed by atoms with van der Waals surface area (Å²) in [5.74, 6) is -0.274. The molecule has 0 radical (unpaired) electrons. The summed E-state index contributed by atoms with van der Waals surface area (Å²) in [5, 5.41) is 3.17. The zero-order chi connectivity index (χ0) is 16.7. The number of benzene rings is 1. The van der Waals surface area contributed by atoms with Gasteiger partial charge in [-0.05, 0) is 49.7 Å². The lowest BCUT2D eigenvalue weighted by atomic mass is 9.78. The van der Waals surface area contributed by atoms with Crippen molar-refractivity contribution in [3.8, 4) is 0 Å². The monoisotopic (exact) mass is 326 g/mol. The van der Waals surface area contributed by atoms with Crippen LogP contribution in [-0.4, -0.2) is 17.9 Å². The van der Waals surface area contributed by atoms with Gasteiger partial charge in [0.1, 0.15) is 0 Å². The standard InChI is InChI=1S/C20H26N2O2/c21-18(23)14-8-2-4-10-17(14)22-19(24)16-12-20(16)11-5-7-13-6-1-3-9-15(13)20/h1,3,6,9,14,16-17H,2,4-5,7-8,10-12H2,(H2,21,23)(H,22,24)/t14-,16+,17+,20-/m1/s1. The molecule has 0 bridgehead atoms. The second-order valence-electron chi connectivity index (χ2n) is 7.83. The van der Waals surface area contributed by atoms with Crippen LogP contribution in [0.25, 0.3) is 0 Å². The molecule has 2 amide bonds.